The van der Waals surface area contributed by atoms with Gasteiger partial charge in [-0.25, -0.2) is 0 Å². The van der Waals surface area contributed by atoms with E-state index >= 15 is 0 Å². The number of carbonyl (C=O) groups is 1. The van der Waals surface area contributed by atoms with Crippen LogP contribution in [0.1, 0.15) is 29.8 Å². The third-order valence-corrected chi connectivity index (χ3v) is 2.82. The van der Waals surface area contributed by atoms with Crippen molar-refractivity contribution in [2.75, 3.05) is 19.6 Å². The molecule has 23 heavy (non-hydrogen) atoms. The zero-order valence-corrected chi connectivity index (χ0v) is 13.1. The van der Waals surface area contributed by atoms with Crippen LogP contribution in [0, 0.1) is 5.92 Å². The quantitative estimate of drug-likeness (QED) is 0.424. The van der Waals surface area contributed by atoms with Crippen LogP contribution >= 0.6 is 0 Å². The van der Waals surface area contributed by atoms with E-state index in [2.05, 4.69) is 15.6 Å². The molecule has 0 heterocycles. The smallest absolute Gasteiger partial charge is 0.370 e. The number of hydrogen-bond acceptors (Lipinski definition) is 2. The largest absolute Gasteiger partial charge is 0.416 e. The minimum atomic E-state index is -4.41. The first-order valence-electron chi connectivity index (χ1n) is 7.19. The van der Waals surface area contributed by atoms with E-state index in [-0.39, 0.29) is 12.1 Å². The van der Waals surface area contributed by atoms with Crippen LogP contribution in [0.2, 0.25) is 0 Å². The molecule has 0 spiro atoms. The maximum Gasteiger partial charge on any atom is 0.416 e. The van der Waals surface area contributed by atoms with Gasteiger partial charge in [-0.1, -0.05) is 13.8 Å². The molecule has 0 aliphatic heterocycles. The van der Waals surface area contributed by atoms with Gasteiger partial charge in [0.2, 0.25) is 0 Å². The van der Waals surface area contributed by atoms with Gasteiger partial charge in [-0.15, -0.1) is 0 Å². The number of rotatable bonds is 6. The lowest BCUT2D eigenvalue weighted by Crippen LogP contribution is -2.38. The van der Waals surface area contributed by atoms with E-state index in [0.717, 1.165) is 24.3 Å². The monoisotopic (exact) mass is 330 g/mol. The number of guanidine groups is 1. The Morgan fingerprint density at radius 2 is 1.74 bits per heavy atom. The Labute approximate surface area is 133 Å². The number of alkyl halides is 3. The molecular formula is C15H21F3N4O. The fourth-order valence-corrected chi connectivity index (χ4v) is 1.62. The molecule has 0 fully saturated rings. The van der Waals surface area contributed by atoms with Crippen LogP contribution in [-0.4, -0.2) is 31.5 Å². The first-order valence-corrected chi connectivity index (χ1v) is 7.19. The fraction of sp³-hybridized carbons (Fsp3) is 0.467. The second-order valence-corrected chi connectivity index (χ2v) is 5.38. The second-order valence-electron chi connectivity index (χ2n) is 5.38. The number of halogens is 3. The molecule has 1 aromatic rings. The van der Waals surface area contributed by atoms with Gasteiger partial charge in [0.05, 0.1) is 5.56 Å². The number of nitrogens with one attached hydrogen (secondary N) is 2. The van der Waals surface area contributed by atoms with Crippen molar-refractivity contribution in [2.24, 2.45) is 16.6 Å². The zero-order valence-electron chi connectivity index (χ0n) is 13.1. The first-order chi connectivity index (χ1) is 10.7. The molecule has 0 aliphatic rings. The highest BCUT2D eigenvalue weighted by Crippen LogP contribution is 2.28. The van der Waals surface area contributed by atoms with Crippen LogP contribution < -0.4 is 16.4 Å². The number of nitrogens with zero attached hydrogens (tertiary/aromatic N) is 1. The van der Waals surface area contributed by atoms with Crippen molar-refractivity contribution in [2.45, 2.75) is 20.0 Å². The molecule has 1 amide bonds. The standard InChI is InChI=1S/C15H21F3N4O/c1-10(2)9-22-14(19)21-8-7-20-13(23)11-3-5-12(6-4-11)15(16,17)18/h3-6,10H,7-9H2,1-2H3,(H,20,23)(H3,19,21,22). The molecule has 0 atom stereocenters. The Morgan fingerprint density at radius 3 is 2.26 bits per heavy atom. The molecule has 0 unspecified atom stereocenters. The van der Waals surface area contributed by atoms with Crippen LogP contribution in [0.5, 0.6) is 0 Å². The van der Waals surface area contributed by atoms with Crippen LogP contribution in [0.4, 0.5) is 13.2 Å². The summed E-state index contributed by atoms with van der Waals surface area (Å²) in [6.07, 6.45) is -4.41. The molecule has 0 bridgehead atoms. The number of amides is 1. The lowest BCUT2D eigenvalue weighted by Gasteiger charge is -2.09. The topological polar surface area (TPSA) is 79.5 Å². The molecule has 0 aromatic heterocycles. The van der Waals surface area contributed by atoms with Gasteiger partial charge in [-0.05, 0) is 30.2 Å². The molecule has 0 aliphatic carbocycles. The molecule has 0 saturated heterocycles. The van der Waals surface area contributed by atoms with Crippen LogP contribution in [0.25, 0.3) is 0 Å². The summed E-state index contributed by atoms with van der Waals surface area (Å²) in [5.74, 6) is 0.246. The minimum absolute atomic E-state index is 0.166. The summed E-state index contributed by atoms with van der Waals surface area (Å²) in [7, 11) is 0. The van der Waals surface area contributed by atoms with Crippen molar-refractivity contribution in [1.29, 1.82) is 0 Å². The molecule has 0 radical (unpaired) electrons. The molecule has 128 valence electrons. The van der Waals surface area contributed by atoms with E-state index in [0.29, 0.717) is 25.0 Å². The Hall–Kier alpha value is -2.25. The van der Waals surface area contributed by atoms with Crippen LogP contribution in [0.15, 0.2) is 29.3 Å². The third-order valence-electron chi connectivity index (χ3n) is 2.82. The van der Waals surface area contributed by atoms with E-state index in [1.54, 1.807) is 0 Å². The maximum atomic E-state index is 12.4. The Balaban J connectivity index is 2.38. The van der Waals surface area contributed by atoms with Crippen molar-refractivity contribution in [1.82, 2.24) is 10.6 Å². The highest BCUT2D eigenvalue weighted by Gasteiger charge is 2.30. The summed E-state index contributed by atoms with van der Waals surface area (Å²) in [5.41, 5.74) is 5.01. The lowest BCUT2D eigenvalue weighted by molar-refractivity contribution is -0.137. The maximum absolute atomic E-state index is 12.4. The van der Waals surface area contributed by atoms with Gasteiger partial charge in [0.15, 0.2) is 5.96 Å². The summed E-state index contributed by atoms with van der Waals surface area (Å²) < 4.78 is 37.3. The number of hydrogen-bond donors (Lipinski definition) is 3. The second kappa shape index (κ2) is 8.40. The summed E-state index contributed by atoms with van der Waals surface area (Å²) in [4.78, 5) is 15.9. The van der Waals surface area contributed by atoms with Crippen LogP contribution in [0.3, 0.4) is 0 Å². The van der Waals surface area contributed by atoms with Crippen molar-refractivity contribution in [3.8, 4) is 0 Å². The fourth-order valence-electron chi connectivity index (χ4n) is 1.62. The number of carbonyl (C=O) groups excluding carboxylic acids is 1. The van der Waals surface area contributed by atoms with Gasteiger partial charge in [0.1, 0.15) is 0 Å². The molecule has 0 saturated carbocycles. The van der Waals surface area contributed by atoms with Gasteiger partial charge in [0, 0.05) is 25.2 Å². The Bertz CT molecular complexity index is 539. The van der Waals surface area contributed by atoms with Gasteiger partial charge < -0.3 is 16.4 Å². The van der Waals surface area contributed by atoms with E-state index in [9.17, 15) is 18.0 Å². The Kier molecular flexibility index (Phi) is 6.87. The summed E-state index contributed by atoms with van der Waals surface area (Å²) in [6.45, 7) is 5.29. The third kappa shape index (κ3) is 7.03. The van der Waals surface area contributed by atoms with Crippen LogP contribution in [-0.2, 0) is 6.18 Å². The average molecular weight is 330 g/mol. The number of benzene rings is 1. The van der Waals surface area contributed by atoms with Crippen molar-refractivity contribution in [3.63, 3.8) is 0 Å². The van der Waals surface area contributed by atoms with Crippen molar-refractivity contribution in [3.05, 3.63) is 35.4 Å². The molecule has 1 rings (SSSR count). The summed E-state index contributed by atoms with van der Waals surface area (Å²) in [6, 6.07) is 4.04. The van der Waals surface area contributed by atoms with E-state index in [1.165, 1.54) is 0 Å². The van der Waals surface area contributed by atoms with Crippen molar-refractivity contribution < 1.29 is 18.0 Å². The number of aliphatic imine (C=N–C) groups is 1. The summed E-state index contributed by atoms with van der Waals surface area (Å²) in [5, 5.41) is 5.42. The summed E-state index contributed by atoms with van der Waals surface area (Å²) >= 11 is 0. The van der Waals surface area contributed by atoms with Gasteiger partial charge >= 0.3 is 6.18 Å². The molecule has 5 nitrogen and oxygen atoms in total. The van der Waals surface area contributed by atoms with E-state index < -0.39 is 17.6 Å². The van der Waals surface area contributed by atoms with E-state index in [1.807, 2.05) is 13.8 Å². The molecule has 4 N–H and O–H groups in total. The minimum Gasteiger partial charge on any atom is -0.370 e. The zero-order chi connectivity index (χ0) is 17.5. The first kappa shape index (κ1) is 18.8. The molecular weight excluding hydrogens is 309 g/mol. The van der Waals surface area contributed by atoms with Crippen molar-refractivity contribution >= 4 is 11.9 Å². The van der Waals surface area contributed by atoms with Gasteiger partial charge in [-0.3, -0.25) is 9.79 Å². The SMILES string of the molecule is CC(C)CN=C(N)NCCNC(=O)c1ccc(C(F)(F)F)cc1. The van der Waals surface area contributed by atoms with Gasteiger partial charge in [-0.2, -0.15) is 13.2 Å². The molecule has 8 heteroatoms. The highest BCUT2D eigenvalue weighted by molar-refractivity contribution is 5.94. The highest BCUT2D eigenvalue weighted by atomic mass is 19.4. The number of nitrogens with two attached hydrogens (primary N) is 1. The Morgan fingerprint density at radius 1 is 1.17 bits per heavy atom. The molecule has 1 aromatic carbocycles. The van der Waals surface area contributed by atoms with E-state index in [4.69, 9.17) is 5.73 Å². The predicted octanol–water partition coefficient (Wildman–Crippen LogP) is 2.00. The predicted molar refractivity (Wildman–Crippen MR) is 83.1 cm³/mol. The average Bonchev–Trinajstić information content (AvgIpc) is 2.48. The lowest BCUT2D eigenvalue weighted by atomic mass is 10.1. The normalized spacial score (nSPS) is 12.3. The van der Waals surface area contributed by atoms with Gasteiger partial charge in [0.25, 0.3) is 5.91 Å².